The van der Waals surface area contributed by atoms with Gasteiger partial charge in [0.2, 0.25) is 0 Å². The van der Waals surface area contributed by atoms with Crippen LogP contribution in [0.3, 0.4) is 0 Å². The molecule has 0 radical (unpaired) electrons. The van der Waals surface area contributed by atoms with Crippen LogP contribution < -0.4 is 5.32 Å². The molecule has 2 nitrogen and oxygen atoms in total. The van der Waals surface area contributed by atoms with Gasteiger partial charge in [-0.05, 0) is 80.0 Å². The van der Waals surface area contributed by atoms with Crippen LogP contribution in [0.4, 0.5) is 0 Å². The van der Waals surface area contributed by atoms with Gasteiger partial charge >= 0.3 is 0 Å². The van der Waals surface area contributed by atoms with Crippen molar-refractivity contribution in [2.45, 2.75) is 25.3 Å². The lowest BCUT2D eigenvalue weighted by atomic mass is 9.84. The van der Waals surface area contributed by atoms with Gasteiger partial charge in [0.25, 0.3) is 5.91 Å². The standard InChI is InChI=1S/C23H18BrNOS/c24-22-12-11-21(27-22)23(26)25-16-8-5-15-7-9-18-17-4-2-1-3-14(17)6-10-19(18)20(15)13-16/h1-4,6-7,9-12,16H,5,8,13H2,(H,25,26). The summed E-state index contributed by atoms with van der Waals surface area (Å²) < 4.78 is 0.986. The van der Waals surface area contributed by atoms with Gasteiger partial charge in [-0.15, -0.1) is 11.3 Å². The van der Waals surface area contributed by atoms with Crippen molar-refractivity contribution in [3.8, 4) is 0 Å². The number of amides is 1. The summed E-state index contributed by atoms with van der Waals surface area (Å²) >= 11 is 4.91. The average Bonchev–Trinajstić information content (AvgIpc) is 3.14. The molecule has 1 aromatic heterocycles. The topological polar surface area (TPSA) is 29.1 Å². The third kappa shape index (κ3) is 3.07. The minimum atomic E-state index is 0.0323. The van der Waals surface area contributed by atoms with Gasteiger partial charge in [-0.25, -0.2) is 0 Å². The van der Waals surface area contributed by atoms with E-state index < -0.39 is 0 Å². The van der Waals surface area contributed by atoms with Gasteiger partial charge in [-0.3, -0.25) is 4.79 Å². The van der Waals surface area contributed by atoms with Crippen LogP contribution >= 0.6 is 27.3 Å². The van der Waals surface area contributed by atoms with Crippen LogP contribution in [0.25, 0.3) is 21.5 Å². The number of fused-ring (bicyclic) bond motifs is 5. The number of carbonyl (C=O) groups excluding carboxylic acids is 1. The SMILES string of the molecule is O=C(NC1CCc2ccc3c(ccc4ccccc43)c2C1)c1ccc(Br)s1. The van der Waals surface area contributed by atoms with Crippen LogP contribution in [0.1, 0.15) is 27.2 Å². The van der Waals surface area contributed by atoms with E-state index in [0.717, 1.165) is 27.9 Å². The normalized spacial score (nSPS) is 16.4. The molecule has 0 saturated carbocycles. The Morgan fingerprint density at radius 2 is 1.81 bits per heavy atom. The summed E-state index contributed by atoms with van der Waals surface area (Å²) in [7, 11) is 0. The van der Waals surface area contributed by atoms with E-state index in [2.05, 4.69) is 69.8 Å². The van der Waals surface area contributed by atoms with Crippen LogP contribution in [-0.2, 0) is 12.8 Å². The van der Waals surface area contributed by atoms with Crippen molar-refractivity contribution in [3.63, 3.8) is 0 Å². The molecule has 5 rings (SSSR count). The highest BCUT2D eigenvalue weighted by Crippen LogP contribution is 2.33. The molecule has 1 aliphatic carbocycles. The highest BCUT2D eigenvalue weighted by molar-refractivity contribution is 9.11. The minimum Gasteiger partial charge on any atom is -0.348 e. The van der Waals surface area contributed by atoms with Gasteiger partial charge in [0.1, 0.15) is 0 Å². The van der Waals surface area contributed by atoms with Crippen molar-refractivity contribution in [2.24, 2.45) is 0 Å². The number of hydrogen-bond acceptors (Lipinski definition) is 2. The summed E-state index contributed by atoms with van der Waals surface area (Å²) in [5, 5.41) is 8.44. The quantitative estimate of drug-likeness (QED) is 0.378. The summed E-state index contributed by atoms with van der Waals surface area (Å²) in [6.45, 7) is 0. The first-order chi connectivity index (χ1) is 13.2. The Bertz CT molecular complexity index is 1180. The molecule has 4 heteroatoms. The van der Waals surface area contributed by atoms with Crippen molar-refractivity contribution in [3.05, 3.63) is 80.5 Å². The fraction of sp³-hybridized carbons (Fsp3) is 0.174. The van der Waals surface area contributed by atoms with Crippen molar-refractivity contribution in [1.82, 2.24) is 5.32 Å². The lowest BCUT2D eigenvalue weighted by Crippen LogP contribution is -2.38. The van der Waals surface area contributed by atoms with E-state index in [1.54, 1.807) is 0 Å². The van der Waals surface area contributed by atoms with E-state index in [1.165, 1.54) is 44.0 Å². The van der Waals surface area contributed by atoms with E-state index in [-0.39, 0.29) is 11.9 Å². The molecule has 134 valence electrons. The molecule has 3 aromatic carbocycles. The zero-order valence-corrected chi connectivity index (χ0v) is 17.1. The maximum absolute atomic E-state index is 12.6. The Balaban J connectivity index is 1.49. The molecule has 1 heterocycles. The zero-order chi connectivity index (χ0) is 18.4. The molecule has 1 amide bonds. The summed E-state index contributed by atoms with van der Waals surface area (Å²) in [6, 6.07) is 21.5. The smallest absolute Gasteiger partial charge is 0.261 e. The van der Waals surface area contributed by atoms with Crippen LogP contribution in [-0.4, -0.2) is 11.9 Å². The van der Waals surface area contributed by atoms with Gasteiger partial charge in [0.15, 0.2) is 0 Å². The fourth-order valence-electron chi connectivity index (χ4n) is 4.17. The van der Waals surface area contributed by atoms with E-state index in [0.29, 0.717) is 0 Å². The van der Waals surface area contributed by atoms with E-state index in [1.807, 2.05) is 12.1 Å². The number of nitrogens with one attached hydrogen (secondary N) is 1. The number of benzene rings is 3. The Labute approximate surface area is 170 Å². The molecule has 0 fully saturated rings. The first-order valence-electron chi connectivity index (χ1n) is 9.17. The Kier molecular flexibility index (Phi) is 4.25. The Morgan fingerprint density at radius 3 is 2.67 bits per heavy atom. The van der Waals surface area contributed by atoms with E-state index in [9.17, 15) is 4.79 Å². The lowest BCUT2D eigenvalue weighted by Gasteiger charge is -2.27. The molecule has 1 N–H and O–H groups in total. The molecular formula is C23H18BrNOS. The molecule has 1 aliphatic rings. The number of carbonyl (C=O) groups is 1. The summed E-state index contributed by atoms with van der Waals surface area (Å²) in [6.07, 6.45) is 2.89. The van der Waals surface area contributed by atoms with Crippen molar-refractivity contribution >= 4 is 54.7 Å². The molecule has 1 unspecified atom stereocenters. The number of halogens is 1. The highest BCUT2D eigenvalue weighted by Gasteiger charge is 2.23. The number of thiophene rings is 1. The predicted octanol–water partition coefficient (Wildman–Crippen LogP) is 6.10. The summed E-state index contributed by atoms with van der Waals surface area (Å²) in [5.41, 5.74) is 2.81. The van der Waals surface area contributed by atoms with Gasteiger partial charge in [-0.2, -0.15) is 0 Å². The second-order valence-corrected chi connectivity index (χ2v) is 9.57. The largest absolute Gasteiger partial charge is 0.348 e. The van der Waals surface area contributed by atoms with Gasteiger partial charge in [0.05, 0.1) is 8.66 Å². The van der Waals surface area contributed by atoms with Crippen molar-refractivity contribution < 1.29 is 4.79 Å². The van der Waals surface area contributed by atoms with Gasteiger partial charge in [-0.1, -0.05) is 48.5 Å². The third-order valence-electron chi connectivity index (χ3n) is 5.48. The van der Waals surface area contributed by atoms with Gasteiger partial charge in [0, 0.05) is 6.04 Å². The van der Waals surface area contributed by atoms with Crippen molar-refractivity contribution in [1.29, 1.82) is 0 Å². The third-order valence-corrected chi connectivity index (χ3v) is 7.10. The average molecular weight is 436 g/mol. The van der Waals surface area contributed by atoms with Crippen LogP contribution in [0.5, 0.6) is 0 Å². The second-order valence-electron chi connectivity index (χ2n) is 7.10. The molecular weight excluding hydrogens is 418 g/mol. The Hall–Kier alpha value is -2.17. The van der Waals surface area contributed by atoms with E-state index >= 15 is 0 Å². The van der Waals surface area contributed by atoms with Crippen molar-refractivity contribution in [2.75, 3.05) is 0 Å². The van der Waals surface area contributed by atoms with Crippen LogP contribution in [0.15, 0.2) is 64.5 Å². The second kappa shape index (κ2) is 6.77. The number of aryl methyl sites for hydroxylation is 1. The highest BCUT2D eigenvalue weighted by atomic mass is 79.9. The number of hydrogen-bond donors (Lipinski definition) is 1. The van der Waals surface area contributed by atoms with Crippen LogP contribution in [0.2, 0.25) is 0 Å². The fourth-order valence-corrected chi connectivity index (χ4v) is 5.45. The monoisotopic (exact) mass is 435 g/mol. The predicted molar refractivity (Wildman–Crippen MR) is 117 cm³/mol. The maximum atomic E-state index is 12.6. The summed E-state index contributed by atoms with van der Waals surface area (Å²) in [5.74, 6) is 0.0323. The molecule has 0 spiro atoms. The Morgan fingerprint density at radius 1 is 0.963 bits per heavy atom. The molecule has 0 aliphatic heterocycles. The first-order valence-corrected chi connectivity index (χ1v) is 10.8. The molecule has 4 aromatic rings. The number of rotatable bonds is 2. The summed E-state index contributed by atoms with van der Waals surface area (Å²) in [4.78, 5) is 13.3. The molecule has 0 bridgehead atoms. The maximum Gasteiger partial charge on any atom is 0.261 e. The van der Waals surface area contributed by atoms with E-state index in [4.69, 9.17) is 0 Å². The first kappa shape index (κ1) is 17.0. The molecule has 27 heavy (non-hydrogen) atoms. The van der Waals surface area contributed by atoms with Gasteiger partial charge < -0.3 is 5.32 Å². The molecule has 0 saturated heterocycles. The molecule has 1 atom stereocenters. The zero-order valence-electron chi connectivity index (χ0n) is 14.7. The minimum absolute atomic E-state index is 0.0323. The van der Waals surface area contributed by atoms with Crippen LogP contribution in [0, 0.1) is 0 Å². The lowest BCUT2D eigenvalue weighted by molar-refractivity contribution is 0.0938.